The lowest BCUT2D eigenvalue weighted by Crippen LogP contribution is -2.22. The predicted octanol–water partition coefficient (Wildman–Crippen LogP) is 3.43. The number of carbonyl (C=O) groups excluding carboxylic acids is 1. The molecular formula is C16H22O2. The molecule has 2 aliphatic carbocycles. The summed E-state index contributed by atoms with van der Waals surface area (Å²) in [6.45, 7) is 8.42. The van der Waals surface area contributed by atoms with E-state index in [2.05, 4.69) is 26.5 Å². The normalized spacial score (nSPS) is 47.0. The number of epoxide rings is 1. The van der Waals surface area contributed by atoms with Crippen LogP contribution in [0.25, 0.3) is 0 Å². The average Bonchev–Trinajstić information content (AvgIpc) is 2.90. The maximum absolute atomic E-state index is 11.9. The maximum atomic E-state index is 11.9. The van der Waals surface area contributed by atoms with Gasteiger partial charge in [-0.2, -0.15) is 0 Å². The topological polar surface area (TPSA) is 29.6 Å². The minimum atomic E-state index is 0.0158. The molecule has 1 saturated heterocycles. The van der Waals surface area contributed by atoms with Crippen molar-refractivity contribution in [3.63, 3.8) is 0 Å². The lowest BCUT2D eigenvalue weighted by atomic mass is 9.81. The molecular weight excluding hydrogens is 224 g/mol. The van der Waals surface area contributed by atoms with Gasteiger partial charge in [0.2, 0.25) is 0 Å². The molecule has 0 bridgehead atoms. The zero-order chi connectivity index (χ0) is 12.9. The molecule has 1 heterocycles. The third-order valence-electron chi connectivity index (χ3n) is 5.06. The SMILES string of the molecule is C=C1C(=O)C[C@H]2[C@H]1CC/C(C)=C/CC[C@@]1(C)O[C@@H]21. The van der Waals surface area contributed by atoms with E-state index in [1.807, 2.05) is 0 Å². The molecule has 0 aromatic rings. The molecule has 3 aliphatic rings. The summed E-state index contributed by atoms with van der Waals surface area (Å²) < 4.78 is 5.96. The van der Waals surface area contributed by atoms with Crippen LogP contribution in [0, 0.1) is 11.8 Å². The van der Waals surface area contributed by atoms with Gasteiger partial charge in [-0.3, -0.25) is 4.79 Å². The molecule has 3 rings (SSSR count). The summed E-state index contributed by atoms with van der Waals surface area (Å²) in [5.74, 6) is 1.01. The van der Waals surface area contributed by atoms with E-state index in [1.165, 1.54) is 5.57 Å². The first-order chi connectivity index (χ1) is 8.51. The van der Waals surface area contributed by atoms with Gasteiger partial charge in [-0.25, -0.2) is 0 Å². The summed E-state index contributed by atoms with van der Waals surface area (Å²) in [7, 11) is 0. The van der Waals surface area contributed by atoms with Crippen molar-refractivity contribution in [2.45, 2.75) is 57.7 Å². The van der Waals surface area contributed by atoms with Gasteiger partial charge in [0.05, 0.1) is 11.7 Å². The van der Waals surface area contributed by atoms with E-state index in [0.717, 1.165) is 31.3 Å². The van der Waals surface area contributed by atoms with Gasteiger partial charge in [-0.05, 0) is 51.0 Å². The van der Waals surface area contributed by atoms with Crippen LogP contribution < -0.4 is 0 Å². The Kier molecular flexibility index (Phi) is 2.74. The summed E-state index contributed by atoms with van der Waals surface area (Å²) in [5.41, 5.74) is 2.32. The minimum Gasteiger partial charge on any atom is -0.366 e. The molecule has 4 atom stereocenters. The highest BCUT2D eigenvalue weighted by molar-refractivity contribution is 5.98. The lowest BCUT2D eigenvalue weighted by Gasteiger charge is -2.20. The first kappa shape index (κ1) is 12.2. The Labute approximate surface area is 109 Å². The van der Waals surface area contributed by atoms with Crippen LogP contribution >= 0.6 is 0 Å². The van der Waals surface area contributed by atoms with E-state index < -0.39 is 0 Å². The summed E-state index contributed by atoms with van der Waals surface area (Å²) in [6, 6.07) is 0. The number of rotatable bonds is 0. The second kappa shape index (κ2) is 4.06. The minimum absolute atomic E-state index is 0.0158. The Bertz CT molecular complexity index is 434. The molecule has 0 N–H and O–H groups in total. The summed E-state index contributed by atoms with van der Waals surface area (Å²) in [6.07, 6.45) is 7.63. The molecule has 18 heavy (non-hydrogen) atoms. The average molecular weight is 246 g/mol. The number of fused-ring (bicyclic) bond motifs is 3. The van der Waals surface area contributed by atoms with E-state index in [-0.39, 0.29) is 17.5 Å². The van der Waals surface area contributed by atoms with Gasteiger partial charge in [0.15, 0.2) is 5.78 Å². The second-order valence-electron chi connectivity index (χ2n) is 6.40. The molecule has 98 valence electrons. The van der Waals surface area contributed by atoms with Crippen LogP contribution in [-0.2, 0) is 9.53 Å². The lowest BCUT2D eigenvalue weighted by molar-refractivity contribution is -0.114. The summed E-state index contributed by atoms with van der Waals surface area (Å²) in [4.78, 5) is 11.9. The van der Waals surface area contributed by atoms with E-state index in [0.29, 0.717) is 18.3 Å². The fourth-order valence-corrected chi connectivity index (χ4v) is 3.75. The monoisotopic (exact) mass is 246 g/mol. The van der Waals surface area contributed by atoms with Gasteiger partial charge in [-0.15, -0.1) is 0 Å². The standard InChI is InChI=1S/C16H22O2/c1-10-5-4-8-16(3)15(18-16)13-9-14(17)11(2)12(13)7-6-10/h5,12-13,15H,2,4,6-9H2,1,3H3/b10-5+/t12-,13-,15-,16+/m0/s1. The summed E-state index contributed by atoms with van der Waals surface area (Å²) >= 11 is 0. The van der Waals surface area contributed by atoms with Gasteiger partial charge in [0, 0.05) is 12.3 Å². The first-order valence-corrected chi connectivity index (χ1v) is 7.07. The maximum Gasteiger partial charge on any atom is 0.158 e. The van der Waals surface area contributed by atoms with Crippen molar-refractivity contribution in [3.05, 3.63) is 23.8 Å². The molecule has 2 nitrogen and oxygen atoms in total. The van der Waals surface area contributed by atoms with Gasteiger partial charge in [-0.1, -0.05) is 18.2 Å². The van der Waals surface area contributed by atoms with Crippen molar-refractivity contribution in [3.8, 4) is 0 Å². The van der Waals surface area contributed by atoms with Crippen LogP contribution in [0.2, 0.25) is 0 Å². The fourth-order valence-electron chi connectivity index (χ4n) is 3.75. The number of ether oxygens (including phenoxy) is 1. The molecule has 0 unspecified atom stereocenters. The van der Waals surface area contributed by atoms with Gasteiger partial charge in [0.25, 0.3) is 0 Å². The third-order valence-corrected chi connectivity index (χ3v) is 5.06. The van der Waals surface area contributed by atoms with Crippen LogP contribution in [-0.4, -0.2) is 17.5 Å². The van der Waals surface area contributed by atoms with Crippen molar-refractivity contribution >= 4 is 5.78 Å². The highest BCUT2D eigenvalue weighted by Crippen LogP contribution is 2.53. The Morgan fingerprint density at radius 2 is 2.28 bits per heavy atom. The summed E-state index contributed by atoms with van der Waals surface area (Å²) in [5, 5.41) is 0. The van der Waals surface area contributed by atoms with E-state index >= 15 is 0 Å². The molecule has 0 spiro atoms. The molecule has 2 fully saturated rings. The Morgan fingerprint density at radius 3 is 3.06 bits per heavy atom. The second-order valence-corrected chi connectivity index (χ2v) is 6.40. The highest BCUT2D eigenvalue weighted by Gasteiger charge is 2.59. The Balaban J connectivity index is 1.87. The number of carbonyl (C=O) groups is 1. The highest BCUT2D eigenvalue weighted by atomic mass is 16.6. The number of hydrogen-bond donors (Lipinski definition) is 0. The fraction of sp³-hybridized carbons (Fsp3) is 0.688. The molecule has 1 aliphatic heterocycles. The molecule has 1 saturated carbocycles. The first-order valence-electron chi connectivity index (χ1n) is 7.07. The molecule has 0 radical (unpaired) electrons. The number of allylic oxidation sites excluding steroid dienone is 3. The number of Topliss-reactive ketones (excluding diaryl/α,β-unsaturated/α-hetero) is 1. The molecule has 0 aromatic carbocycles. The molecule has 2 heteroatoms. The van der Waals surface area contributed by atoms with Crippen LogP contribution in [0.1, 0.15) is 46.0 Å². The van der Waals surface area contributed by atoms with Gasteiger partial charge in [0.1, 0.15) is 0 Å². The van der Waals surface area contributed by atoms with Crippen molar-refractivity contribution in [2.75, 3.05) is 0 Å². The van der Waals surface area contributed by atoms with E-state index in [9.17, 15) is 4.79 Å². The van der Waals surface area contributed by atoms with Gasteiger partial charge >= 0.3 is 0 Å². The largest absolute Gasteiger partial charge is 0.366 e. The van der Waals surface area contributed by atoms with Crippen LogP contribution in [0.5, 0.6) is 0 Å². The molecule has 0 amide bonds. The molecule has 0 aromatic heterocycles. The predicted molar refractivity (Wildman–Crippen MR) is 71.2 cm³/mol. The van der Waals surface area contributed by atoms with Crippen LogP contribution in [0.15, 0.2) is 23.8 Å². The zero-order valence-electron chi connectivity index (χ0n) is 11.4. The number of ketones is 1. The van der Waals surface area contributed by atoms with Crippen molar-refractivity contribution in [1.29, 1.82) is 0 Å². The van der Waals surface area contributed by atoms with Crippen molar-refractivity contribution in [1.82, 2.24) is 0 Å². The zero-order valence-corrected chi connectivity index (χ0v) is 11.4. The van der Waals surface area contributed by atoms with Gasteiger partial charge < -0.3 is 4.74 Å². The van der Waals surface area contributed by atoms with Crippen molar-refractivity contribution < 1.29 is 9.53 Å². The Hall–Kier alpha value is -0.890. The number of hydrogen-bond acceptors (Lipinski definition) is 2. The van der Waals surface area contributed by atoms with Crippen LogP contribution in [0.4, 0.5) is 0 Å². The smallest absolute Gasteiger partial charge is 0.158 e. The van der Waals surface area contributed by atoms with Crippen molar-refractivity contribution in [2.24, 2.45) is 11.8 Å². The third kappa shape index (κ3) is 1.87. The van der Waals surface area contributed by atoms with Crippen LogP contribution in [0.3, 0.4) is 0 Å². The Morgan fingerprint density at radius 1 is 1.50 bits per heavy atom. The quantitative estimate of drug-likeness (QED) is 0.372. The van der Waals surface area contributed by atoms with E-state index in [1.54, 1.807) is 0 Å². The van der Waals surface area contributed by atoms with E-state index in [4.69, 9.17) is 4.74 Å².